The lowest BCUT2D eigenvalue weighted by Gasteiger charge is -2.23. The zero-order valence-corrected chi connectivity index (χ0v) is 13.2. The topological polar surface area (TPSA) is 84.4 Å². The molecule has 2 amide bonds. The Hall–Kier alpha value is -1.75. The molecule has 0 saturated carbocycles. The summed E-state index contributed by atoms with van der Waals surface area (Å²) in [6, 6.07) is -0.177. The number of nitrogens with zero attached hydrogens (tertiary/aromatic N) is 3. The number of carbonyl (C=O) groups is 2. The maximum atomic E-state index is 12.4. The molecule has 1 aromatic heterocycles. The number of hydrogen-bond acceptors (Lipinski definition) is 6. The van der Waals surface area contributed by atoms with Gasteiger partial charge in [0.15, 0.2) is 0 Å². The molecule has 1 aliphatic heterocycles. The Bertz CT molecular complexity index is 592. The minimum Gasteiger partial charge on any atom is -0.383 e. The van der Waals surface area contributed by atoms with Crippen LogP contribution in [0.2, 0.25) is 0 Å². The second-order valence-corrected chi connectivity index (χ2v) is 6.13. The third kappa shape index (κ3) is 4.16. The normalized spacial score (nSPS) is 20.0. The molecule has 128 valence electrons. The predicted molar refractivity (Wildman–Crippen MR) is 74.7 cm³/mol. The third-order valence-corrected chi connectivity index (χ3v) is 4.25. The highest BCUT2D eigenvalue weighted by Crippen LogP contribution is 2.33. The van der Waals surface area contributed by atoms with Crippen molar-refractivity contribution in [2.45, 2.75) is 25.6 Å². The summed E-state index contributed by atoms with van der Waals surface area (Å²) >= 11 is 0.245. The Labute approximate surface area is 133 Å². The molecule has 1 aliphatic rings. The summed E-state index contributed by atoms with van der Waals surface area (Å²) in [7, 11) is 1.51. The molecule has 0 radical (unpaired) electrons. The number of carbonyl (C=O) groups excluding carboxylic acids is 2. The van der Waals surface area contributed by atoms with Crippen molar-refractivity contribution in [2.24, 2.45) is 5.92 Å². The molecule has 11 heteroatoms. The quantitative estimate of drug-likeness (QED) is 0.865. The first-order chi connectivity index (χ1) is 10.7. The SMILES string of the molecule is COC[C@H](C)N1C[C@@H](C(=O)Nc2nnc(C(F)(F)F)s2)CC1=O. The molecule has 2 rings (SSSR count). The Morgan fingerprint density at radius 1 is 1.52 bits per heavy atom. The Morgan fingerprint density at radius 3 is 2.78 bits per heavy atom. The zero-order valence-electron chi connectivity index (χ0n) is 12.4. The first-order valence-electron chi connectivity index (χ1n) is 6.72. The van der Waals surface area contributed by atoms with Crippen molar-refractivity contribution in [1.82, 2.24) is 15.1 Å². The minimum atomic E-state index is -4.60. The summed E-state index contributed by atoms with van der Waals surface area (Å²) < 4.78 is 42.3. The van der Waals surface area contributed by atoms with E-state index in [9.17, 15) is 22.8 Å². The Kier molecular flexibility index (Phi) is 5.19. The van der Waals surface area contributed by atoms with Crippen molar-refractivity contribution in [3.63, 3.8) is 0 Å². The molecule has 1 fully saturated rings. The molecule has 0 aromatic carbocycles. The maximum Gasteiger partial charge on any atom is 0.445 e. The number of amides is 2. The largest absolute Gasteiger partial charge is 0.445 e. The Morgan fingerprint density at radius 2 is 2.22 bits per heavy atom. The number of ether oxygens (including phenoxy) is 1. The first-order valence-corrected chi connectivity index (χ1v) is 7.54. The van der Waals surface area contributed by atoms with Crippen molar-refractivity contribution in [2.75, 3.05) is 25.6 Å². The van der Waals surface area contributed by atoms with E-state index in [-0.39, 0.29) is 41.4 Å². The minimum absolute atomic E-state index is 0.00478. The second kappa shape index (κ2) is 6.79. The van der Waals surface area contributed by atoms with E-state index in [1.165, 1.54) is 12.0 Å². The number of hydrogen-bond donors (Lipinski definition) is 1. The summed E-state index contributed by atoms with van der Waals surface area (Å²) in [5.41, 5.74) is 0. The number of aromatic nitrogens is 2. The number of likely N-dealkylation sites (tertiary alicyclic amines) is 1. The number of anilines is 1. The molecule has 2 atom stereocenters. The van der Waals surface area contributed by atoms with Gasteiger partial charge in [0.25, 0.3) is 0 Å². The molecule has 0 aliphatic carbocycles. The summed E-state index contributed by atoms with van der Waals surface area (Å²) in [5, 5.41) is 7.19. The molecular weight excluding hydrogens is 337 g/mol. The zero-order chi connectivity index (χ0) is 17.2. The van der Waals surface area contributed by atoms with Gasteiger partial charge in [0.1, 0.15) is 0 Å². The van der Waals surface area contributed by atoms with Crippen molar-refractivity contribution in [3.05, 3.63) is 5.01 Å². The van der Waals surface area contributed by atoms with Crippen LogP contribution in [0.5, 0.6) is 0 Å². The van der Waals surface area contributed by atoms with Crippen LogP contribution in [0.15, 0.2) is 0 Å². The van der Waals surface area contributed by atoms with Gasteiger partial charge in [-0.25, -0.2) is 0 Å². The fraction of sp³-hybridized carbons (Fsp3) is 0.667. The highest BCUT2D eigenvalue weighted by atomic mass is 32.1. The lowest BCUT2D eigenvalue weighted by molar-refractivity contribution is -0.138. The van der Waals surface area contributed by atoms with Gasteiger partial charge in [-0.1, -0.05) is 11.3 Å². The lowest BCUT2D eigenvalue weighted by atomic mass is 10.1. The van der Waals surface area contributed by atoms with E-state index in [0.29, 0.717) is 6.61 Å². The van der Waals surface area contributed by atoms with Crippen LogP contribution in [0.3, 0.4) is 0 Å². The van der Waals surface area contributed by atoms with Crippen molar-refractivity contribution in [3.8, 4) is 0 Å². The van der Waals surface area contributed by atoms with Crippen molar-refractivity contribution >= 4 is 28.3 Å². The van der Waals surface area contributed by atoms with Crippen LogP contribution in [0.25, 0.3) is 0 Å². The molecule has 0 unspecified atom stereocenters. The third-order valence-electron chi connectivity index (χ3n) is 3.37. The Balaban J connectivity index is 1.97. The van der Waals surface area contributed by atoms with Gasteiger partial charge in [0, 0.05) is 20.1 Å². The highest BCUT2D eigenvalue weighted by Gasteiger charge is 2.38. The molecular formula is C12H15F3N4O3S. The standard InChI is InChI=1S/C12H15F3N4O3S/c1-6(5-22-2)19-4-7(3-8(19)20)9(21)16-11-18-17-10(23-11)12(13,14)15/h6-7H,3-5H2,1-2H3,(H,16,18,21)/t6-,7-/m0/s1. The summed E-state index contributed by atoms with van der Waals surface area (Å²) in [5.74, 6) is -1.38. The van der Waals surface area contributed by atoms with Gasteiger partial charge < -0.3 is 15.0 Å². The van der Waals surface area contributed by atoms with Gasteiger partial charge in [0.2, 0.25) is 22.0 Å². The molecule has 1 N–H and O–H groups in total. The smallest absolute Gasteiger partial charge is 0.383 e. The summed E-state index contributed by atoms with van der Waals surface area (Å²) in [6.07, 6.45) is -4.60. The summed E-state index contributed by atoms with van der Waals surface area (Å²) in [4.78, 5) is 25.5. The number of methoxy groups -OCH3 is 1. The molecule has 1 saturated heterocycles. The van der Waals surface area contributed by atoms with Crippen LogP contribution in [0.1, 0.15) is 18.4 Å². The van der Waals surface area contributed by atoms with Gasteiger partial charge in [-0.05, 0) is 6.92 Å². The van der Waals surface area contributed by atoms with Crippen LogP contribution in [0.4, 0.5) is 18.3 Å². The van der Waals surface area contributed by atoms with Crippen molar-refractivity contribution in [1.29, 1.82) is 0 Å². The van der Waals surface area contributed by atoms with Crippen LogP contribution in [-0.2, 0) is 20.5 Å². The molecule has 7 nitrogen and oxygen atoms in total. The van der Waals surface area contributed by atoms with E-state index in [4.69, 9.17) is 4.74 Å². The van der Waals surface area contributed by atoms with Crippen LogP contribution in [0, 0.1) is 5.92 Å². The molecule has 0 spiro atoms. The second-order valence-electron chi connectivity index (χ2n) is 5.15. The highest BCUT2D eigenvalue weighted by molar-refractivity contribution is 7.15. The van der Waals surface area contributed by atoms with Crippen LogP contribution < -0.4 is 5.32 Å². The molecule has 1 aromatic rings. The maximum absolute atomic E-state index is 12.4. The van der Waals surface area contributed by atoms with Gasteiger partial charge in [-0.2, -0.15) is 13.2 Å². The summed E-state index contributed by atoms with van der Waals surface area (Å²) in [6.45, 7) is 2.33. The van der Waals surface area contributed by atoms with E-state index in [1.807, 2.05) is 0 Å². The van der Waals surface area contributed by atoms with Gasteiger partial charge in [-0.15, -0.1) is 10.2 Å². The molecule has 23 heavy (non-hydrogen) atoms. The monoisotopic (exact) mass is 352 g/mol. The van der Waals surface area contributed by atoms with E-state index < -0.39 is 23.0 Å². The molecule has 0 bridgehead atoms. The number of nitrogens with one attached hydrogen (secondary N) is 1. The number of rotatable bonds is 5. The van der Waals surface area contributed by atoms with E-state index in [1.54, 1.807) is 6.92 Å². The van der Waals surface area contributed by atoms with E-state index in [0.717, 1.165) is 0 Å². The average molecular weight is 352 g/mol. The van der Waals surface area contributed by atoms with Gasteiger partial charge in [0.05, 0.1) is 18.6 Å². The molecule has 2 heterocycles. The fourth-order valence-corrected chi connectivity index (χ4v) is 2.87. The fourth-order valence-electron chi connectivity index (χ4n) is 2.26. The number of alkyl halides is 3. The predicted octanol–water partition coefficient (Wildman–Crippen LogP) is 1.38. The van der Waals surface area contributed by atoms with Crippen molar-refractivity contribution < 1.29 is 27.5 Å². The van der Waals surface area contributed by atoms with Gasteiger partial charge >= 0.3 is 6.18 Å². The average Bonchev–Trinajstić information content (AvgIpc) is 3.05. The van der Waals surface area contributed by atoms with Crippen LogP contribution in [-0.4, -0.2) is 53.2 Å². The first kappa shape index (κ1) is 17.6. The lowest BCUT2D eigenvalue weighted by Crippen LogP contribution is -2.38. The van der Waals surface area contributed by atoms with E-state index >= 15 is 0 Å². The number of halogens is 3. The van der Waals surface area contributed by atoms with Crippen LogP contribution >= 0.6 is 11.3 Å². The van der Waals surface area contributed by atoms with E-state index in [2.05, 4.69) is 15.5 Å². The van der Waals surface area contributed by atoms with Gasteiger partial charge in [-0.3, -0.25) is 9.59 Å².